The zero-order valence-corrected chi connectivity index (χ0v) is 11.6. The maximum atomic E-state index is 12.1. The fraction of sp³-hybridized carbons (Fsp3) is 0.769. The second-order valence-electron chi connectivity index (χ2n) is 4.77. The van der Waals surface area contributed by atoms with Crippen molar-refractivity contribution in [2.45, 2.75) is 45.1 Å². The summed E-state index contributed by atoms with van der Waals surface area (Å²) in [6.07, 6.45) is 4.25. The van der Waals surface area contributed by atoms with Gasteiger partial charge in [-0.3, -0.25) is 14.4 Å². The molecule has 1 fully saturated rings. The predicted octanol–water partition coefficient (Wildman–Crippen LogP) is 0.457. The van der Waals surface area contributed by atoms with Gasteiger partial charge in [0.2, 0.25) is 11.8 Å². The lowest BCUT2D eigenvalue weighted by Gasteiger charge is -2.28. The molecule has 0 atom stereocenters. The van der Waals surface area contributed by atoms with E-state index in [1.54, 1.807) is 4.90 Å². The van der Waals surface area contributed by atoms with Crippen molar-refractivity contribution in [1.29, 1.82) is 0 Å². The minimum atomic E-state index is -0.403. The molecule has 6 nitrogen and oxygen atoms in total. The van der Waals surface area contributed by atoms with E-state index >= 15 is 0 Å². The summed E-state index contributed by atoms with van der Waals surface area (Å²) in [7, 11) is 1.32. The molecule has 2 amide bonds. The number of hydrogen-bond acceptors (Lipinski definition) is 4. The maximum Gasteiger partial charge on any atom is 0.325 e. The molecule has 0 radical (unpaired) electrons. The van der Waals surface area contributed by atoms with Gasteiger partial charge in [-0.25, -0.2) is 0 Å². The summed E-state index contributed by atoms with van der Waals surface area (Å²) in [5.74, 6) is -0.668. The third-order valence-electron chi connectivity index (χ3n) is 3.33. The Labute approximate surface area is 113 Å². The molecule has 0 bridgehead atoms. The van der Waals surface area contributed by atoms with E-state index in [4.69, 9.17) is 0 Å². The van der Waals surface area contributed by atoms with E-state index in [-0.39, 0.29) is 30.8 Å². The van der Waals surface area contributed by atoms with Gasteiger partial charge in [0, 0.05) is 25.9 Å². The van der Waals surface area contributed by atoms with Crippen LogP contribution >= 0.6 is 0 Å². The quantitative estimate of drug-likeness (QED) is 0.711. The minimum absolute atomic E-state index is 0.0000709. The predicted molar refractivity (Wildman–Crippen MR) is 69.3 cm³/mol. The molecule has 1 N–H and O–H groups in total. The minimum Gasteiger partial charge on any atom is -0.468 e. The van der Waals surface area contributed by atoms with Crippen LogP contribution in [0.1, 0.15) is 39.0 Å². The van der Waals surface area contributed by atoms with Crippen molar-refractivity contribution in [2.75, 3.05) is 20.2 Å². The maximum absolute atomic E-state index is 12.1. The van der Waals surface area contributed by atoms with Gasteiger partial charge in [-0.2, -0.15) is 0 Å². The summed E-state index contributed by atoms with van der Waals surface area (Å²) < 4.78 is 4.63. The van der Waals surface area contributed by atoms with E-state index in [1.165, 1.54) is 14.0 Å². The highest BCUT2D eigenvalue weighted by molar-refractivity contribution is 5.83. The van der Waals surface area contributed by atoms with Crippen molar-refractivity contribution >= 4 is 17.8 Å². The van der Waals surface area contributed by atoms with Crippen molar-refractivity contribution in [3.63, 3.8) is 0 Å². The van der Waals surface area contributed by atoms with Crippen LogP contribution in [0.25, 0.3) is 0 Å². The third kappa shape index (κ3) is 5.28. The molecular formula is C13H22N2O4. The number of methoxy groups -OCH3 is 1. The van der Waals surface area contributed by atoms with E-state index in [2.05, 4.69) is 10.1 Å². The third-order valence-corrected chi connectivity index (χ3v) is 3.33. The van der Waals surface area contributed by atoms with E-state index in [1.807, 2.05) is 0 Å². The number of ether oxygens (including phenoxy) is 1. The van der Waals surface area contributed by atoms with Gasteiger partial charge in [0.25, 0.3) is 0 Å². The zero-order valence-electron chi connectivity index (χ0n) is 11.6. The second kappa shape index (κ2) is 7.76. The summed E-state index contributed by atoms with van der Waals surface area (Å²) in [5.41, 5.74) is 0. The monoisotopic (exact) mass is 270 g/mol. The van der Waals surface area contributed by atoms with Crippen LogP contribution in [0.4, 0.5) is 0 Å². The number of carbonyl (C=O) groups excluding carboxylic acids is 3. The zero-order chi connectivity index (χ0) is 14.3. The molecule has 0 aromatic carbocycles. The van der Waals surface area contributed by atoms with Gasteiger partial charge in [-0.15, -0.1) is 0 Å². The van der Waals surface area contributed by atoms with Crippen LogP contribution in [0.15, 0.2) is 0 Å². The Kier molecular flexibility index (Phi) is 6.32. The first-order chi connectivity index (χ1) is 9.04. The van der Waals surface area contributed by atoms with Crippen molar-refractivity contribution in [2.24, 2.45) is 0 Å². The van der Waals surface area contributed by atoms with Crippen LogP contribution in [0.2, 0.25) is 0 Å². The molecule has 19 heavy (non-hydrogen) atoms. The van der Waals surface area contributed by atoms with Crippen LogP contribution < -0.4 is 5.32 Å². The molecule has 6 heteroatoms. The topological polar surface area (TPSA) is 75.7 Å². The molecule has 0 aliphatic heterocycles. The van der Waals surface area contributed by atoms with E-state index in [9.17, 15) is 14.4 Å². The number of carbonyl (C=O) groups is 3. The molecule has 0 aromatic rings. The molecule has 0 heterocycles. The van der Waals surface area contributed by atoms with Crippen LogP contribution in [0.3, 0.4) is 0 Å². The van der Waals surface area contributed by atoms with Crippen LogP contribution in [-0.2, 0) is 19.1 Å². The first kappa shape index (κ1) is 15.5. The van der Waals surface area contributed by atoms with Gasteiger partial charge in [0.15, 0.2) is 0 Å². The molecule has 0 spiro atoms. The van der Waals surface area contributed by atoms with Crippen molar-refractivity contribution in [1.82, 2.24) is 10.2 Å². The van der Waals surface area contributed by atoms with Gasteiger partial charge in [-0.1, -0.05) is 12.8 Å². The molecule has 0 aromatic heterocycles. The molecular weight excluding hydrogens is 248 g/mol. The Bertz CT molecular complexity index is 338. The van der Waals surface area contributed by atoms with Gasteiger partial charge in [0.05, 0.1) is 7.11 Å². The Balaban J connectivity index is 2.53. The highest BCUT2D eigenvalue weighted by atomic mass is 16.5. The average molecular weight is 270 g/mol. The SMILES string of the molecule is COC(=O)CN(C(=O)CCNC(C)=O)C1CCCC1. The molecule has 0 unspecified atom stereocenters. The fourth-order valence-electron chi connectivity index (χ4n) is 2.33. The molecule has 1 aliphatic carbocycles. The van der Waals surface area contributed by atoms with Crippen molar-refractivity contribution in [3.05, 3.63) is 0 Å². The van der Waals surface area contributed by atoms with E-state index < -0.39 is 5.97 Å². The molecule has 0 saturated heterocycles. The number of amides is 2. The van der Waals surface area contributed by atoms with Crippen LogP contribution in [0.5, 0.6) is 0 Å². The average Bonchev–Trinajstić information content (AvgIpc) is 2.88. The summed E-state index contributed by atoms with van der Waals surface area (Å²) in [4.78, 5) is 35.9. The largest absolute Gasteiger partial charge is 0.468 e. The van der Waals surface area contributed by atoms with Gasteiger partial charge < -0.3 is 15.0 Å². The first-order valence-corrected chi connectivity index (χ1v) is 6.65. The Morgan fingerprint density at radius 3 is 2.42 bits per heavy atom. The van der Waals surface area contributed by atoms with E-state index in [0.29, 0.717) is 6.54 Å². The summed E-state index contributed by atoms with van der Waals surface area (Å²) >= 11 is 0. The number of rotatable bonds is 6. The van der Waals surface area contributed by atoms with Crippen LogP contribution in [0, 0.1) is 0 Å². The highest BCUT2D eigenvalue weighted by Crippen LogP contribution is 2.23. The number of hydrogen-bond donors (Lipinski definition) is 1. The number of esters is 1. The lowest BCUT2D eigenvalue weighted by atomic mass is 10.2. The first-order valence-electron chi connectivity index (χ1n) is 6.65. The highest BCUT2D eigenvalue weighted by Gasteiger charge is 2.28. The standard InChI is InChI=1S/C13H22N2O4/c1-10(16)14-8-7-12(17)15(9-13(18)19-2)11-5-3-4-6-11/h11H,3-9H2,1-2H3,(H,14,16). The Morgan fingerprint density at radius 2 is 1.89 bits per heavy atom. The number of nitrogens with one attached hydrogen (secondary N) is 1. The Hall–Kier alpha value is -1.59. The Morgan fingerprint density at radius 1 is 1.26 bits per heavy atom. The lowest BCUT2D eigenvalue weighted by molar-refractivity contribution is -0.148. The van der Waals surface area contributed by atoms with Crippen molar-refractivity contribution < 1.29 is 19.1 Å². The normalized spacial score (nSPS) is 15.1. The number of nitrogens with zero attached hydrogens (tertiary/aromatic N) is 1. The summed E-state index contributed by atoms with van der Waals surface area (Å²) in [6, 6.07) is 0.129. The van der Waals surface area contributed by atoms with Crippen molar-refractivity contribution in [3.8, 4) is 0 Å². The summed E-state index contributed by atoms with van der Waals surface area (Å²) in [5, 5.41) is 2.59. The molecule has 108 valence electrons. The van der Waals surface area contributed by atoms with E-state index in [0.717, 1.165) is 25.7 Å². The fourth-order valence-corrected chi connectivity index (χ4v) is 2.33. The smallest absolute Gasteiger partial charge is 0.325 e. The molecule has 1 aliphatic rings. The van der Waals surface area contributed by atoms with Crippen LogP contribution in [-0.4, -0.2) is 48.9 Å². The lowest BCUT2D eigenvalue weighted by Crippen LogP contribution is -2.43. The molecule has 1 saturated carbocycles. The summed E-state index contributed by atoms with van der Waals surface area (Å²) in [6.45, 7) is 1.71. The van der Waals surface area contributed by atoms with Gasteiger partial charge >= 0.3 is 5.97 Å². The van der Waals surface area contributed by atoms with Gasteiger partial charge in [0.1, 0.15) is 6.54 Å². The second-order valence-corrected chi connectivity index (χ2v) is 4.77. The molecule has 1 rings (SSSR count). The van der Waals surface area contributed by atoms with Gasteiger partial charge in [-0.05, 0) is 12.8 Å².